The molecule has 6 aliphatic rings. The fraction of sp³-hybridized carbons (Fsp3) is 0.536. The SMILES string of the molecule is CC1(C)[C@@H]2CC[C@@]1(C)[C@H]1[C@@H]2OC(=O)N1C(=O)C1=C(c2ccccc2)C(=O)[C@@H]2[C@H]1[C@H]1C=C[C@@H]2C1. The van der Waals surface area contributed by atoms with Gasteiger partial charge in [-0.2, -0.15) is 0 Å². The predicted octanol–water partition coefficient (Wildman–Crippen LogP) is 4.63. The molecule has 1 aromatic carbocycles. The Morgan fingerprint density at radius 1 is 1.03 bits per heavy atom. The molecule has 4 bridgehead atoms. The third kappa shape index (κ3) is 2.13. The minimum absolute atomic E-state index is 0.0125. The Morgan fingerprint density at radius 3 is 2.45 bits per heavy atom. The summed E-state index contributed by atoms with van der Waals surface area (Å²) in [7, 11) is 0. The summed E-state index contributed by atoms with van der Waals surface area (Å²) >= 11 is 0. The van der Waals surface area contributed by atoms with Crippen LogP contribution in [0.1, 0.15) is 45.6 Å². The van der Waals surface area contributed by atoms with E-state index in [0.717, 1.165) is 24.8 Å². The zero-order chi connectivity index (χ0) is 22.9. The number of rotatable bonds is 2. The van der Waals surface area contributed by atoms with E-state index in [2.05, 4.69) is 32.9 Å². The van der Waals surface area contributed by atoms with Crippen molar-refractivity contribution in [3.8, 4) is 0 Å². The van der Waals surface area contributed by atoms with E-state index in [1.54, 1.807) is 0 Å². The van der Waals surface area contributed by atoms with Crippen molar-refractivity contribution in [1.29, 1.82) is 0 Å². The molecule has 0 N–H and O–H groups in total. The fourth-order valence-corrected chi connectivity index (χ4v) is 8.64. The van der Waals surface area contributed by atoms with Gasteiger partial charge in [0.15, 0.2) is 5.78 Å². The van der Waals surface area contributed by atoms with Crippen molar-refractivity contribution in [1.82, 2.24) is 4.90 Å². The number of ketones is 1. The standard InChI is InChI=1S/C28H29NO4/c1-27(2)17-11-12-28(27,3)24-23(17)33-26(32)29(24)25(31)21-18-15-9-10-16(13-15)20(18)22(30)19(21)14-7-5-4-6-8-14/h4-10,15-18,20,23-24H,11-13H2,1-3H3/t15-,16+,17+,18+,20-,23+,24+,28-/m0/s1. The van der Waals surface area contributed by atoms with E-state index in [1.165, 1.54) is 4.90 Å². The fourth-order valence-electron chi connectivity index (χ4n) is 8.64. The number of benzene rings is 1. The van der Waals surface area contributed by atoms with Crippen LogP contribution >= 0.6 is 0 Å². The van der Waals surface area contributed by atoms with Crippen LogP contribution in [-0.4, -0.2) is 34.8 Å². The van der Waals surface area contributed by atoms with Crippen LogP contribution in [0.2, 0.25) is 0 Å². The molecule has 2 amide bonds. The number of carbonyl (C=O) groups excluding carboxylic acids is 3. The summed E-state index contributed by atoms with van der Waals surface area (Å²) < 4.78 is 5.90. The number of fused-ring (bicyclic) bond motifs is 10. The highest BCUT2D eigenvalue weighted by atomic mass is 16.6. The van der Waals surface area contributed by atoms with Crippen molar-refractivity contribution in [3.05, 3.63) is 53.6 Å². The van der Waals surface area contributed by atoms with E-state index in [-0.39, 0.29) is 64.3 Å². The molecule has 0 unspecified atom stereocenters. The molecule has 0 aromatic heterocycles. The van der Waals surface area contributed by atoms with Gasteiger partial charge < -0.3 is 4.74 Å². The molecule has 170 valence electrons. The Morgan fingerprint density at radius 2 is 1.73 bits per heavy atom. The van der Waals surface area contributed by atoms with Crippen LogP contribution in [0.4, 0.5) is 4.79 Å². The number of carbonyl (C=O) groups is 3. The second kappa shape index (κ2) is 6.05. The van der Waals surface area contributed by atoms with Crippen LogP contribution in [0.15, 0.2) is 48.1 Å². The van der Waals surface area contributed by atoms with Crippen molar-refractivity contribution >= 4 is 23.4 Å². The molecule has 1 aromatic rings. The smallest absolute Gasteiger partial charge is 0.417 e. The molecule has 1 aliphatic heterocycles. The van der Waals surface area contributed by atoms with Gasteiger partial charge in [0.05, 0.1) is 6.04 Å². The van der Waals surface area contributed by atoms with Crippen LogP contribution in [-0.2, 0) is 14.3 Å². The minimum Gasteiger partial charge on any atom is -0.443 e. The van der Waals surface area contributed by atoms with Gasteiger partial charge in [-0.3, -0.25) is 9.59 Å². The summed E-state index contributed by atoms with van der Waals surface area (Å²) in [5, 5.41) is 0. The number of nitrogens with zero attached hydrogens (tertiary/aromatic N) is 1. The monoisotopic (exact) mass is 443 g/mol. The Kier molecular flexibility index (Phi) is 3.62. The highest BCUT2D eigenvalue weighted by molar-refractivity contribution is 6.31. The van der Waals surface area contributed by atoms with Gasteiger partial charge in [0.2, 0.25) is 0 Å². The zero-order valence-corrected chi connectivity index (χ0v) is 19.3. The van der Waals surface area contributed by atoms with Gasteiger partial charge in [0.25, 0.3) is 5.91 Å². The molecule has 33 heavy (non-hydrogen) atoms. The first-order chi connectivity index (χ1) is 15.8. The van der Waals surface area contributed by atoms with Crippen molar-refractivity contribution in [2.24, 2.45) is 40.4 Å². The number of hydrogen-bond acceptors (Lipinski definition) is 4. The lowest BCUT2D eigenvalue weighted by atomic mass is 9.68. The van der Waals surface area contributed by atoms with Crippen molar-refractivity contribution in [2.45, 2.75) is 52.2 Å². The summed E-state index contributed by atoms with van der Waals surface area (Å²) in [6.45, 7) is 6.73. The molecule has 7 rings (SSSR count). The Hall–Kier alpha value is -2.69. The lowest BCUT2D eigenvalue weighted by molar-refractivity contribution is -0.128. The van der Waals surface area contributed by atoms with Crippen molar-refractivity contribution in [2.75, 3.05) is 0 Å². The van der Waals surface area contributed by atoms with Crippen molar-refractivity contribution < 1.29 is 19.1 Å². The van der Waals surface area contributed by atoms with Crippen molar-refractivity contribution in [3.63, 3.8) is 0 Å². The van der Waals surface area contributed by atoms with Crippen LogP contribution in [0.5, 0.6) is 0 Å². The van der Waals surface area contributed by atoms with Crippen LogP contribution in [0, 0.1) is 40.4 Å². The maximum Gasteiger partial charge on any atom is 0.417 e. The second-order valence-electron chi connectivity index (χ2n) is 11.8. The number of hydrogen-bond donors (Lipinski definition) is 0. The van der Waals surface area contributed by atoms with Gasteiger partial charge >= 0.3 is 6.09 Å². The first-order valence-electron chi connectivity index (χ1n) is 12.3. The highest BCUT2D eigenvalue weighted by Gasteiger charge is 2.73. The zero-order valence-electron chi connectivity index (χ0n) is 19.3. The topological polar surface area (TPSA) is 63.7 Å². The summed E-state index contributed by atoms with van der Waals surface area (Å²) in [6, 6.07) is 9.27. The van der Waals surface area contributed by atoms with Gasteiger partial charge in [0, 0.05) is 28.9 Å². The lowest BCUT2D eigenvalue weighted by Gasteiger charge is -2.41. The summed E-state index contributed by atoms with van der Waals surface area (Å²) in [5.74, 6) is 0.0874. The lowest BCUT2D eigenvalue weighted by Crippen LogP contribution is -2.51. The second-order valence-corrected chi connectivity index (χ2v) is 11.8. The third-order valence-corrected chi connectivity index (χ3v) is 10.6. The number of ether oxygens (including phenoxy) is 1. The van der Waals surface area contributed by atoms with E-state index in [4.69, 9.17) is 4.74 Å². The van der Waals surface area contributed by atoms with E-state index in [0.29, 0.717) is 11.1 Å². The summed E-state index contributed by atoms with van der Waals surface area (Å²) in [6.07, 6.45) is 6.47. The molecule has 0 radical (unpaired) electrons. The largest absolute Gasteiger partial charge is 0.443 e. The molecule has 5 heteroatoms. The quantitative estimate of drug-likeness (QED) is 0.625. The molecular formula is C28H29NO4. The van der Waals surface area contributed by atoms with Gasteiger partial charge in [-0.1, -0.05) is 63.3 Å². The number of allylic oxidation sites excluding steroid dienone is 3. The maximum atomic E-state index is 14.4. The van der Waals surface area contributed by atoms with E-state index >= 15 is 0 Å². The Bertz CT molecular complexity index is 1180. The van der Waals surface area contributed by atoms with Gasteiger partial charge in [-0.15, -0.1) is 0 Å². The van der Waals surface area contributed by atoms with E-state index < -0.39 is 6.09 Å². The van der Waals surface area contributed by atoms with E-state index in [1.807, 2.05) is 30.3 Å². The van der Waals surface area contributed by atoms with Gasteiger partial charge in [-0.05, 0) is 47.5 Å². The summed E-state index contributed by atoms with van der Waals surface area (Å²) in [5.41, 5.74) is 1.66. The highest BCUT2D eigenvalue weighted by Crippen LogP contribution is 2.69. The Balaban J connectivity index is 1.38. The average Bonchev–Trinajstić information content (AvgIpc) is 3.58. The Labute approximate surface area is 193 Å². The first-order valence-corrected chi connectivity index (χ1v) is 12.3. The maximum absolute atomic E-state index is 14.4. The first kappa shape index (κ1) is 19.7. The number of amides is 2. The molecule has 0 spiro atoms. The molecule has 5 aliphatic carbocycles. The third-order valence-electron chi connectivity index (χ3n) is 10.6. The normalized spacial score (nSPS) is 43.5. The van der Waals surface area contributed by atoms with E-state index in [9.17, 15) is 14.4 Å². The molecule has 3 saturated carbocycles. The molecule has 5 nitrogen and oxygen atoms in total. The molecule has 1 saturated heterocycles. The summed E-state index contributed by atoms with van der Waals surface area (Å²) in [4.78, 5) is 42.7. The number of Topliss-reactive ketones (excluding diaryl/α,β-unsaturated/α-hetero) is 1. The molecular weight excluding hydrogens is 414 g/mol. The van der Waals surface area contributed by atoms with Crippen LogP contribution in [0.3, 0.4) is 0 Å². The minimum atomic E-state index is -0.530. The number of imide groups is 1. The molecule has 8 atom stereocenters. The predicted molar refractivity (Wildman–Crippen MR) is 122 cm³/mol. The molecule has 4 fully saturated rings. The van der Waals surface area contributed by atoms with Crippen LogP contribution < -0.4 is 0 Å². The molecule has 1 heterocycles. The van der Waals surface area contributed by atoms with Crippen LogP contribution in [0.25, 0.3) is 5.57 Å². The average molecular weight is 444 g/mol. The van der Waals surface area contributed by atoms with Gasteiger partial charge in [0.1, 0.15) is 6.10 Å². The van der Waals surface area contributed by atoms with Gasteiger partial charge in [-0.25, -0.2) is 9.69 Å².